The van der Waals surface area contributed by atoms with Crippen LogP contribution in [-0.2, 0) is 0 Å². The average Bonchev–Trinajstić information content (AvgIpc) is 3.14. The summed E-state index contributed by atoms with van der Waals surface area (Å²) in [5.41, 5.74) is 1.55. The summed E-state index contributed by atoms with van der Waals surface area (Å²) in [6.45, 7) is 0. The van der Waals surface area contributed by atoms with Gasteiger partial charge in [-0.05, 0) is 30.3 Å². The Hall–Kier alpha value is -2.55. The van der Waals surface area contributed by atoms with E-state index in [0.29, 0.717) is 20.9 Å². The van der Waals surface area contributed by atoms with Crippen LogP contribution < -0.4 is 15.5 Å². The van der Waals surface area contributed by atoms with E-state index in [0.717, 1.165) is 10.2 Å². The Kier molecular flexibility index (Phi) is 8.07. The van der Waals surface area contributed by atoms with Crippen molar-refractivity contribution >= 4 is 67.6 Å². The van der Waals surface area contributed by atoms with Gasteiger partial charge in [-0.2, -0.15) is 0 Å². The largest absolute Gasteiger partial charge is 0.341 e. The quantitative estimate of drug-likeness (QED) is 0.562. The molecule has 0 spiro atoms. The Labute approximate surface area is 183 Å². The molecule has 2 aromatic carbocycles. The summed E-state index contributed by atoms with van der Waals surface area (Å²) in [4.78, 5) is 29.9. The fourth-order valence-electron chi connectivity index (χ4n) is 2.07. The van der Waals surface area contributed by atoms with Gasteiger partial charge >= 0.3 is 12.1 Å². The molecule has 0 unspecified atom stereocenters. The lowest BCUT2D eigenvalue weighted by atomic mass is 10.3. The van der Waals surface area contributed by atoms with Gasteiger partial charge in [-0.25, -0.2) is 14.6 Å². The minimum atomic E-state index is -0.205. The van der Waals surface area contributed by atoms with Crippen LogP contribution in [-0.4, -0.2) is 50.1 Å². The van der Waals surface area contributed by atoms with Gasteiger partial charge in [0.15, 0.2) is 5.13 Å². The lowest BCUT2D eigenvalue weighted by Crippen LogP contribution is -2.34. The smallest absolute Gasteiger partial charge is 0.323 e. The highest BCUT2D eigenvalue weighted by molar-refractivity contribution is 7.22. The predicted octanol–water partition coefficient (Wildman–Crippen LogP) is 5.16. The molecule has 1 heterocycles. The second-order valence-corrected chi connectivity index (χ2v) is 7.86. The van der Waals surface area contributed by atoms with Crippen LogP contribution >= 0.6 is 34.5 Å². The number of urea groups is 2. The number of carbonyl (C=O) groups excluding carboxylic acids is 2. The number of fused-ring (bicyclic) bond motifs is 1. The van der Waals surface area contributed by atoms with E-state index < -0.39 is 0 Å². The number of rotatable bonds is 2. The van der Waals surface area contributed by atoms with Crippen molar-refractivity contribution in [1.29, 1.82) is 0 Å². The minimum absolute atomic E-state index is 0.158. The van der Waals surface area contributed by atoms with Gasteiger partial charge in [-0.1, -0.05) is 46.7 Å². The number of nitrogens with one attached hydrogen (secondary N) is 2. The van der Waals surface area contributed by atoms with Crippen molar-refractivity contribution in [2.24, 2.45) is 0 Å². The zero-order chi connectivity index (χ0) is 21.6. The van der Waals surface area contributed by atoms with Crippen molar-refractivity contribution in [3.05, 3.63) is 52.5 Å². The van der Waals surface area contributed by atoms with Crippen LogP contribution in [0, 0.1) is 0 Å². The molecule has 0 radical (unpaired) electrons. The maximum Gasteiger partial charge on any atom is 0.323 e. The molecule has 0 fully saturated rings. The molecular weight excluding hydrogens is 433 g/mol. The van der Waals surface area contributed by atoms with Crippen molar-refractivity contribution in [3.8, 4) is 0 Å². The number of thiazole rings is 1. The summed E-state index contributed by atoms with van der Waals surface area (Å²) in [5.74, 6) is 0. The lowest BCUT2D eigenvalue weighted by Gasteiger charge is -2.12. The molecule has 0 saturated carbocycles. The topological polar surface area (TPSA) is 77.6 Å². The summed E-state index contributed by atoms with van der Waals surface area (Å²) in [7, 11) is 6.63. The molecule has 4 amide bonds. The lowest BCUT2D eigenvalue weighted by molar-refractivity contribution is 0.230. The number of nitrogens with zero attached hydrogens (tertiary/aromatic N) is 3. The average molecular weight is 454 g/mol. The van der Waals surface area contributed by atoms with Crippen LogP contribution in [0.4, 0.5) is 20.4 Å². The third-order valence-corrected chi connectivity index (χ3v) is 5.52. The molecule has 7 nitrogen and oxygen atoms in total. The maximum absolute atomic E-state index is 11.4. The molecule has 0 bridgehead atoms. The van der Waals surface area contributed by atoms with Crippen LogP contribution in [0.3, 0.4) is 0 Å². The molecule has 154 valence electrons. The van der Waals surface area contributed by atoms with Crippen molar-refractivity contribution in [2.75, 3.05) is 38.4 Å². The first kappa shape index (κ1) is 22.7. The number of amides is 4. The zero-order valence-corrected chi connectivity index (χ0v) is 18.7. The summed E-state index contributed by atoms with van der Waals surface area (Å²) in [6, 6.07) is 12.4. The Morgan fingerprint density at radius 3 is 2.28 bits per heavy atom. The Morgan fingerprint density at radius 1 is 1.00 bits per heavy atom. The number of benzene rings is 2. The van der Waals surface area contributed by atoms with E-state index in [1.54, 1.807) is 46.4 Å². The second kappa shape index (κ2) is 10.3. The Bertz CT molecular complexity index is 976. The fourth-order valence-corrected chi connectivity index (χ4v) is 3.29. The molecule has 0 aliphatic carbocycles. The van der Waals surface area contributed by atoms with Gasteiger partial charge in [0, 0.05) is 33.9 Å². The SMILES string of the molecule is CN(C)C(=O)Nc1ccc(Cl)c(Cl)c1.CNC(=O)N(C)c1nc2ccccc2s1. The van der Waals surface area contributed by atoms with E-state index in [4.69, 9.17) is 23.2 Å². The standard InChI is InChI=1S/C10H11N3OS.C9H10Cl2N2O/c1-11-9(14)13(2)10-12-7-5-3-4-6-8(7)15-10;1-13(2)9(14)12-6-3-4-7(10)8(11)5-6/h3-6H,1-2H3,(H,11,14);3-5H,1-2H3,(H,12,14). The van der Waals surface area contributed by atoms with Crippen LogP contribution in [0.5, 0.6) is 0 Å². The maximum atomic E-state index is 11.4. The summed E-state index contributed by atoms with van der Waals surface area (Å²) >= 11 is 13.0. The van der Waals surface area contributed by atoms with Gasteiger partial charge in [0.05, 0.1) is 20.3 Å². The van der Waals surface area contributed by atoms with E-state index in [1.165, 1.54) is 21.1 Å². The molecule has 10 heteroatoms. The molecule has 2 N–H and O–H groups in total. The zero-order valence-electron chi connectivity index (χ0n) is 16.4. The Balaban J connectivity index is 0.000000208. The normalized spacial score (nSPS) is 10.0. The van der Waals surface area contributed by atoms with Crippen LogP contribution in [0.1, 0.15) is 0 Å². The summed E-state index contributed by atoms with van der Waals surface area (Å²) in [6.07, 6.45) is 0. The monoisotopic (exact) mass is 453 g/mol. The molecule has 3 aromatic rings. The van der Waals surface area contributed by atoms with Gasteiger partial charge < -0.3 is 15.5 Å². The van der Waals surface area contributed by atoms with Gasteiger partial charge in [-0.15, -0.1) is 0 Å². The van der Waals surface area contributed by atoms with Crippen LogP contribution in [0.2, 0.25) is 10.0 Å². The summed E-state index contributed by atoms with van der Waals surface area (Å²) in [5, 5.41) is 6.81. The third kappa shape index (κ3) is 6.22. The molecule has 0 aliphatic rings. The number of hydrogen-bond acceptors (Lipinski definition) is 4. The molecule has 0 aliphatic heterocycles. The third-order valence-electron chi connectivity index (χ3n) is 3.67. The predicted molar refractivity (Wildman–Crippen MR) is 122 cm³/mol. The van der Waals surface area contributed by atoms with Crippen molar-refractivity contribution < 1.29 is 9.59 Å². The highest BCUT2D eigenvalue weighted by atomic mass is 35.5. The number of halogens is 2. The van der Waals surface area contributed by atoms with Crippen LogP contribution in [0.25, 0.3) is 10.2 Å². The number of aromatic nitrogens is 1. The van der Waals surface area contributed by atoms with Gasteiger partial charge in [0.25, 0.3) is 0 Å². The molecule has 0 atom stereocenters. The van der Waals surface area contributed by atoms with Crippen molar-refractivity contribution in [1.82, 2.24) is 15.2 Å². The number of anilines is 2. The first-order chi connectivity index (χ1) is 13.7. The Morgan fingerprint density at radius 2 is 1.69 bits per heavy atom. The molecule has 1 aromatic heterocycles. The first-order valence-corrected chi connectivity index (χ1v) is 10.0. The van der Waals surface area contributed by atoms with Gasteiger partial charge in [0.2, 0.25) is 0 Å². The van der Waals surface area contributed by atoms with E-state index in [1.807, 2.05) is 24.3 Å². The molecule has 29 heavy (non-hydrogen) atoms. The number of para-hydroxylation sites is 1. The first-order valence-electron chi connectivity index (χ1n) is 8.47. The summed E-state index contributed by atoms with van der Waals surface area (Å²) < 4.78 is 1.09. The highest BCUT2D eigenvalue weighted by Gasteiger charge is 2.13. The number of hydrogen-bond donors (Lipinski definition) is 2. The van der Waals surface area contributed by atoms with Crippen LogP contribution in [0.15, 0.2) is 42.5 Å². The molecule has 0 saturated heterocycles. The number of carbonyl (C=O) groups is 2. The highest BCUT2D eigenvalue weighted by Crippen LogP contribution is 2.27. The van der Waals surface area contributed by atoms with Gasteiger partial charge in [-0.3, -0.25) is 4.90 Å². The second-order valence-electron chi connectivity index (χ2n) is 6.03. The van der Waals surface area contributed by atoms with Gasteiger partial charge in [0.1, 0.15) is 0 Å². The minimum Gasteiger partial charge on any atom is -0.341 e. The van der Waals surface area contributed by atoms with E-state index in [2.05, 4.69) is 15.6 Å². The van der Waals surface area contributed by atoms with E-state index in [-0.39, 0.29) is 12.1 Å². The van der Waals surface area contributed by atoms with E-state index >= 15 is 0 Å². The van der Waals surface area contributed by atoms with E-state index in [9.17, 15) is 9.59 Å². The molecular formula is C19H21Cl2N5O2S. The van der Waals surface area contributed by atoms with Crippen molar-refractivity contribution in [3.63, 3.8) is 0 Å². The van der Waals surface area contributed by atoms with Crippen molar-refractivity contribution in [2.45, 2.75) is 0 Å². The molecule has 3 rings (SSSR count). The fraction of sp³-hybridized carbons (Fsp3) is 0.211.